The summed E-state index contributed by atoms with van der Waals surface area (Å²) in [4.78, 5) is 22.3. The number of pyridine rings is 1. The smallest absolute Gasteiger partial charge is 0.231 e. The molecule has 0 unspecified atom stereocenters. The summed E-state index contributed by atoms with van der Waals surface area (Å²) >= 11 is 6.07. The van der Waals surface area contributed by atoms with Crippen LogP contribution >= 0.6 is 11.6 Å². The lowest BCUT2D eigenvalue weighted by Crippen LogP contribution is -2.51. The van der Waals surface area contributed by atoms with Crippen molar-refractivity contribution in [1.29, 1.82) is 0 Å². The predicted octanol–water partition coefficient (Wildman–Crippen LogP) is 3.76. The molecule has 0 bridgehead atoms. The summed E-state index contributed by atoms with van der Waals surface area (Å²) in [5.74, 6) is -0.0448. The maximum Gasteiger partial charge on any atom is 0.231 e. The maximum atomic E-state index is 13.5. The molecule has 7 heteroatoms. The molecule has 0 saturated carbocycles. The van der Waals surface area contributed by atoms with Gasteiger partial charge < -0.3 is 19.9 Å². The third kappa shape index (κ3) is 4.86. The van der Waals surface area contributed by atoms with E-state index in [1.165, 1.54) is 11.3 Å². The van der Waals surface area contributed by atoms with Crippen molar-refractivity contribution in [3.8, 4) is 0 Å². The SMILES string of the molecule is CC(C)NC[C@@H](C(=O)N1CCN(c2ccnc3c2[C@H](C)OC3)CC1)c1ccc(Cl)cc1. The summed E-state index contributed by atoms with van der Waals surface area (Å²) in [5.41, 5.74) is 4.43. The number of carbonyl (C=O) groups is 1. The maximum absolute atomic E-state index is 13.5. The first-order valence-corrected chi connectivity index (χ1v) is 11.4. The Kier molecular flexibility index (Phi) is 6.80. The third-order valence-corrected chi connectivity index (χ3v) is 6.41. The van der Waals surface area contributed by atoms with Gasteiger partial charge in [-0.1, -0.05) is 37.6 Å². The molecule has 1 aromatic heterocycles. The second kappa shape index (κ2) is 9.55. The highest BCUT2D eigenvalue weighted by molar-refractivity contribution is 6.30. The van der Waals surface area contributed by atoms with Crippen LogP contribution in [0.3, 0.4) is 0 Å². The van der Waals surface area contributed by atoms with E-state index in [9.17, 15) is 4.79 Å². The first kappa shape index (κ1) is 22.1. The minimum atomic E-state index is -0.218. The number of amides is 1. The molecule has 2 atom stereocenters. The molecule has 0 aliphatic carbocycles. The minimum Gasteiger partial charge on any atom is -0.368 e. The Labute approximate surface area is 189 Å². The number of aromatic nitrogens is 1. The Morgan fingerprint density at radius 3 is 2.58 bits per heavy atom. The van der Waals surface area contributed by atoms with Gasteiger partial charge in [-0.25, -0.2) is 0 Å². The van der Waals surface area contributed by atoms with Crippen molar-refractivity contribution in [3.63, 3.8) is 0 Å². The van der Waals surface area contributed by atoms with E-state index in [0.717, 1.165) is 24.3 Å². The van der Waals surface area contributed by atoms with Gasteiger partial charge in [-0.3, -0.25) is 9.78 Å². The third-order valence-electron chi connectivity index (χ3n) is 6.16. The van der Waals surface area contributed by atoms with Crippen molar-refractivity contribution < 1.29 is 9.53 Å². The highest BCUT2D eigenvalue weighted by Gasteiger charge is 2.31. The van der Waals surface area contributed by atoms with Gasteiger partial charge >= 0.3 is 0 Å². The van der Waals surface area contributed by atoms with Gasteiger partial charge in [-0.05, 0) is 30.7 Å². The highest BCUT2D eigenvalue weighted by atomic mass is 35.5. The molecular weight excluding hydrogens is 412 g/mol. The number of halogens is 1. The topological polar surface area (TPSA) is 57.7 Å². The number of hydrogen-bond donors (Lipinski definition) is 1. The molecule has 2 aromatic rings. The molecule has 1 saturated heterocycles. The summed E-state index contributed by atoms with van der Waals surface area (Å²) in [5, 5.41) is 4.12. The van der Waals surface area contributed by atoms with Crippen molar-refractivity contribution in [2.45, 2.75) is 45.4 Å². The fraction of sp³-hybridized carbons (Fsp3) is 0.500. The van der Waals surface area contributed by atoms with E-state index in [1.54, 1.807) is 0 Å². The lowest BCUT2D eigenvalue weighted by molar-refractivity contribution is -0.133. The summed E-state index contributed by atoms with van der Waals surface area (Å²) in [7, 11) is 0. The zero-order chi connectivity index (χ0) is 22.0. The Morgan fingerprint density at radius 2 is 1.90 bits per heavy atom. The van der Waals surface area contributed by atoms with Crippen LogP contribution in [0, 0.1) is 0 Å². The first-order chi connectivity index (χ1) is 14.9. The number of benzene rings is 1. The molecule has 6 nitrogen and oxygen atoms in total. The normalized spacial score (nSPS) is 19.6. The van der Waals surface area contributed by atoms with E-state index in [4.69, 9.17) is 16.3 Å². The number of nitrogens with zero attached hydrogens (tertiary/aromatic N) is 3. The van der Waals surface area contributed by atoms with Crippen LogP contribution in [0.4, 0.5) is 5.69 Å². The summed E-state index contributed by atoms with van der Waals surface area (Å²) in [6, 6.07) is 10.0. The quantitative estimate of drug-likeness (QED) is 0.738. The Bertz CT molecular complexity index is 910. The van der Waals surface area contributed by atoms with Gasteiger partial charge in [0.05, 0.1) is 24.3 Å². The number of hydrogen-bond acceptors (Lipinski definition) is 5. The van der Waals surface area contributed by atoms with Gasteiger partial charge in [0.25, 0.3) is 0 Å². The van der Waals surface area contributed by atoms with Crippen LogP contribution in [0.15, 0.2) is 36.5 Å². The fourth-order valence-corrected chi connectivity index (χ4v) is 4.54. The molecule has 4 rings (SSSR count). The first-order valence-electron chi connectivity index (χ1n) is 11.1. The van der Waals surface area contributed by atoms with Crippen LogP contribution in [-0.2, 0) is 16.1 Å². The molecule has 0 radical (unpaired) electrons. The van der Waals surface area contributed by atoms with Gasteiger partial charge in [-0.15, -0.1) is 0 Å². The zero-order valence-electron chi connectivity index (χ0n) is 18.5. The van der Waals surface area contributed by atoms with Gasteiger partial charge in [0.1, 0.15) is 0 Å². The average molecular weight is 443 g/mol. The van der Waals surface area contributed by atoms with E-state index in [0.29, 0.717) is 37.3 Å². The standard InChI is InChI=1S/C24H31ClN4O2/c1-16(2)27-14-20(18-4-6-19(25)7-5-18)24(30)29-12-10-28(11-13-29)22-8-9-26-21-15-31-17(3)23(21)22/h4-9,16-17,20,27H,10-15H2,1-3H3/t17-,20+/m0/s1. The lowest BCUT2D eigenvalue weighted by atomic mass is 9.96. The minimum absolute atomic E-state index is 0.0646. The summed E-state index contributed by atoms with van der Waals surface area (Å²) < 4.78 is 5.78. The van der Waals surface area contributed by atoms with E-state index in [1.807, 2.05) is 35.4 Å². The van der Waals surface area contributed by atoms with Crippen LogP contribution < -0.4 is 10.2 Å². The Balaban J connectivity index is 1.46. The molecule has 3 heterocycles. The molecule has 2 aliphatic rings. The second-order valence-electron chi connectivity index (χ2n) is 8.62. The molecule has 1 N–H and O–H groups in total. The predicted molar refractivity (Wildman–Crippen MR) is 124 cm³/mol. The van der Waals surface area contributed by atoms with E-state index < -0.39 is 0 Å². The summed E-state index contributed by atoms with van der Waals surface area (Å²) in [6.45, 7) is 10.5. The molecule has 1 amide bonds. The number of anilines is 1. The van der Waals surface area contributed by atoms with Gasteiger partial charge in [0.2, 0.25) is 5.91 Å². The van der Waals surface area contributed by atoms with Gasteiger partial charge in [0, 0.05) is 61.2 Å². The number of fused-ring (bicyclic) bond motifs is 1. The van der Waals surface area contributed by atoms with Crippen molar-refractivity contribution in [1.82, 2.24) is 15.2 Å². The number of carbonyl (C=O) groups excluding carboxylic acids is 1. The van der Waals surface area contributed by atoms with Crippen molar-refractivity contribution in [2.75, 3.05) is 37.6 Å². The molecule has 2 aliphatic heterocycles. The van der Waals surface area contributed by atoms with Crippen molar-refractivity contribution >= 4 is 23.2 Å². The van der Waals surface area contributed by atoms with Crippen molar-refractivity contribution in [3.05, 3.63) is 58.4 Å². The average Bonchev–Trinajstić information content (AvgIpc) is 3.16. The lowest BCUT2D eigenvalue weighted by Gasteiger charge is -2.38. The number of rotatable bonds is 6. The van der Waals surface area contributed by atoms with Crippen LogP contribution in [0.2, 0.25) is 5.02 Å². The largest absolute Gasteiger partial charge is 0.368 e. The van der Waals surface area contributed by atoms with Gasteiger partial charge in [0.15, 0.2) is 0 Å². The van der Waals surface area contributed by atoms with Crippen LogP contribution in [0.5, 0.6) is 0 Å². The Hall–Kier alpha value is -2.15. The number of ether oxygens (including phenoxy) is 1. The summed E-state index contributed by atoms with van der Waals surface area (Å²) in [6.07, 6.45) is 1.93. The molecule has 1 aromatic carbocycles. The van der Waals surface area contributed by atoms with Crippen LogP contribution in [0.1, 0.15) is 49.6 Å². The van der Waals surface area contributed by atoms with Crippen LogP contribution in [0.25, 0.3) is 0 Å². The van der Waals surface area contributed by atoms with Gasteiger partial charge in [-0.2, -0.15) is 0 Å². The number of piperazine rings is 1. The van der Waals surface area contributed by atoms with E-state index in [2.05, 4.69) is 42.0 Å². The second-order valence-corrected chi connectivity index (χ2v) is 9.06. The molecule has 0 spiro atoms. The Morgan fingerprint density at radius 1 is 1.19 bits per heavy atom. The van der Waals surface area contributed by atoms with Crippen LogP contribution in [-0.4, -0.2) is 54.6 Å². The fourth-order valence-electron chi connectivity index (χ4n) is 4.41. The van der Waals surface area contributed by atoms with E-state index >= 15 is 0 Å². The molecule has 166 valence electrons. The van der Waals surface area contributed by atoms with Crippen molar-refractivity contribution in [2.24, 2.45) is 0 Å². The molecule has 1 fully saturated rings. The molecule has 31 heavy (non-hydrogen) atoms. The monoisotopic (exact) mass is 442 g/mol. The van der Waals surface area contributed by atoms with E-state index in [-0.39, 0.29) is 17.9 Å². The number of nitrogens with one attached hydrogen (secondary N) is 1. The highest BCUT2D eigenvalue weighted by Crippen LogP contribution is 2.36. The molecular formula is C24H31ClN4O2. The zero-order valence-corrected chi connectivity index (χ0v) is 19.2.